The summed E-state index contributed by atoms with van der Waals surface area (Å²) in [5.74, 6) is -0.351. The number of halogens is 1. The van der Waals surface area contributed by atoms with Crippen molar-refractivity contribution in [1.29, 1.82) is 0 Å². The highest BCUT2D eigenvalue weighted by atomic mass is 32.1. The van der Waals surface area contributed by atoms with E-state index in [1.807, 2.05) is 36.6 Å². The standard InChI is InChI=1S/C21H16FN3O2S/c1-12-3-5-14(6-4-12)17-11-28-21(23-17)24-20(26)18-13(2)27-25-19(18)15-7-9-16(22)10-8-15/h3-11H,1-2H3,(H,23,24,26). The third kappa shape index (κ3) is 3.57. The molecule has 1 amide bonds. The van der Waals surface area contributed by atoms with E-state index in [0.29, 0.717) is 27.7 Å². The summed E-state index contributed by atoms with van der Waals surface area (Å²) in [6.45, 7) is 3.69. The lowest BCUT2D eigenvalue weighted by molar-refractivity contribution is 0.102. The van der Waals surface area contributed by atoms with Crippen molar-refractivity contribution in [3.63, 3.8) is 0 Å². The Hall–Kier alpha value is -3.32. The van der Waals surface area contributed by atoms with E-state index in [1.165, 1.54) is 29.0 Å². The molecule has 0 aliphatic carbocycles. The molecule has 4 rings (SSSR count). The Labute approximate surface area is 164 Å². The summed E-state index contributed by atoms with van der Waals surface area (Å²) in [6.07, 6.45) is 0. The van der Waals surface area contributed by atoms with Crippen LogP contribution in [0.5, 0.6) is 0 Å². The van der Waals surface area contributed by atoms with Gasteiger partial charge < -0.3 is 4.52 Å². The zero-order chi connectivity index (χ0) is 19.7. The van der Waals surface area contributed by atoms with Gasteiger partial charge in [0, 0.05) is 16.5 Å². The van der Waals surface area contributed by atoms with Crippen molar-refractivity contribution < 1.29 is 13.7 Å². The second-order valence-corrected chi connectivity index (χ2v) is 7.19. The van der Waals surface area contributed by atoms with Gasteiger partial charge >= 0.3 is 0 Å². The number of benzene rings is 2. The van der Waals surface area contributed by atoms with Gasteiger partial charge in [0.2, 0.25) is 0 Å². The van der Waals surface area contributed by atoms with Gasteiger partial charge in [-0.05, 0) is 38.1 Å². The molecule has 0 unspecified atom stereocenters. The molecule has 0 saturated heterocycles. The molecule has 0 aliphatic heterocycles. The van der Waals surface area contributed by atoms with Crippen LogP contribution in [0.25, 0.3) is 22.5 Å². The van der Waals surface area contributed by atoms with Crippen LogP contribution in [0, 0.1) is 19.7 Å². The van der Waals surface area contributed by atoms with Gasteiger partial charge in [-0.1, -0.05) is 35.0 Å². The van der Waals surface area contributed by atoms with E-state index < -0.39 is 0 Å². The van der Waals surface area contributed by atoms with Gasteiger partial charge in [-0.15, -0.1) is 11.3 Å². The van der Waals surface area contributed by atoms with Crippen LogP contribution >= 0.6 is 11.3 Å². The molecule has 2 heterocycles. The molecular weight excluding hydrogens is 377 g/mol. The number of carbonyl (C=O) groups excluding carboxylic acids is 1. The minimum absolute atomic E-state index is 0.304. The normalized spacial score (nSPS) is 10.8. The molecule has 7 heteroatoms. The summed E-state index contributed by atoms with van der Waals surface area (Å²) in [7, 11) is 0. The van der Waals surface area contributed by atoms with Crippen LogP contribution in [-0.2, 0) is 0 Å². The summed E-state index contributed by atoms with van der Waals surface area (Å²) in [6, 6.07) is 13.8. The predicted octanol–water partition coefficient (Wildman–Crippen LogP) is 5.47. The van der Waals surface area contributed by atoms with Crippen molar-refractivity contribution in [1.82, 2.24) is 10.1 Å². The number of rotatable bonds is 4. The SMILES string of the molecule is Cc1ccc(-c2csc(NC(=O)c3c(-c4ccc(F)cc4)noc3C)n2)cc1. The van der Waals surface area contributed by atoms with E-state index >= 15 is 0 Å². The quantitative estimate of drug-likeness (QED) is 0.499. The molecule has 5 nitrogen and oxygen atoms in total. The molecule has 0 aliphatic rings. The fourth-order valence-electron chi connectivity index (χ4n) is 2.79. The number of hydrogen-bond acceptors (Lipinski definition) is 5. The number of anilines is 1. The first-order chi connectivity index (χ1) is 13.5. The Morgan fingerprint density at radius 2 is 1.71 bits per heavy atom. The Morgan fingerprint density at radius 3 is 2.43 bits per heavy atom. The third-order valence-corrected chi connectivity index (χ3v) is 5.04. The second kappa shape index (κ2) is 7.36. The third-order valence-electron chi connectivity index (χ3n) is 4.28. The fourth-order valence-corrected chi connectivity index (χ4v) is 3.51. The minimum Gasteiger partial charge on any atom is -0.360 e. The van der Waals surface area contributed by atoms with E-state index in [1.54, 1.807) is 19.1 Å². The van der Waals surface area contributed by atoms with E-state index in [0.717, 1.165) is 11.3 Å². The maximum Gasteiger partial charge on any atom is 0.263 e. The van der Waals surface area contributed by atoms with Crippen LogP contribution in [0.1, 0.15) is 21.7 Å². The van der Waals surface area contributed by atoms with Crippen molar-refractivity contribution in [2.45, 2.75) is 13.8 Å². The summed E-state index contributed by atoms with van der Waals surface area (Å²) < 4.78 is 18.4. The lowest BCUT2D eigenvalue weighted by Gasteiger charge is -2.03. The molecule has 4 aromatic rings. The van der Waals surface area contributed by atoms with Crippen LogP contribution in [-0.4, -0.2) is 16.0 Å². The average Bonchev–Trinajstić information content (AvgIpc) is 3.30. The number of aromatic nitrogens is 2. The molecule has 0 atom stereocenters. The topological polar surface area (TPSA) is 68.0 Å². The molecule has 0 saturated carbocycles. The van der Waals surface area contributed by atoms with E-state index in [-0.39, 0.29) is 11.7 Å². The smallest absolute Gasteiger partial charge is 0.263 e. The molecule has 0 radical (unpaired) electrons. The maximum absolute atomic E-state index is 13.2. The van der Waals surface area contributed by atoms with Crippen LogP contribution in [0.3, 0.4) is 0 Å². The molecule has 2 aromatic carbocycles. The van der Waals surface area contributed by atoms with Crippen molar-refractivity contribution in [2.24, 2.45) is 0 Å². The van der Waals surface area contributed by atoms with Crippen LogP contribution in [0.2, 0.25) is 0 Å². The fraction of sp³-hybridized carbons (Fsp3) is 0.0952. The summed E-state index contributed by atoms with van der Waals surface area (Å²) in [4.78, 5) is 17.3. The summed E-state index contributed by atoms with van der Waals surface area (Å²) in [5, 5.41) is 9.14. The highest BCUT2D eigenvalue weighted by molar-refractivity contribution is 7.14. The van der Waals surface area contributed by atoms with Crippen molar-refractivity contribution in [3.8, 4) is 22.5 Å². The molecule has 0 spiro atoms. The highest BCUT2D eigenvalue weighted by Gasteiger charge is 2.22. The van der Waals surface area contributed by atoms with Gasteiger partial charge in [-0.3, -0.25) is 10.1 Å². The first kappa shape index (κ1) is 18.1. The van der Waals surface area contributed by atoms with Gasteiger partial charge in [-0.2, -0.15) is 0 Å². The number of hydrogen-bond donors (Lipinski definition) is 1. The van der Waals surface area contributed by atoms with Crippen molar-refractivity contribution in [2.75, 3.05) is 5.32 Å². The molecule has 0 fully saturated rings. The first-order valence-corrected chi connectivity index (χ1v) is 9.45. The van der Waals surface area contributed by atoms with Crippen molar-refractivity contribution >= 4 is 22.4 Å². The number of nitrogens with one attached hydrogen (secondary N) is 1. The number of nitrogens with zero attached hydrogens (tertiary/aromatic N) is 2. The minimum atomic E-state index is -0.372. The average molecular weight is 393 g/mol. The number of aryl methyl sites for hydroxylation is 2. The summed E-state index contributed by atoms with van der Waals surface area (Å²) in [5.41, 5.74) is 4.22. The zero-order valence-electron chi connectivity index (χ0n) is 15.2. The molecule has 28 heavy (non-hydrogen) atoms. The zero-order valence-corrected chi connectivity index (χ0v) is 16.0. The van der Waals surface area contributed by atoms with Crippen molar-refractivity contribution in [3.05, 3.63) is 76.6 Å². The van der Waals surface area contributed by atoms with Gasteiger partial charge in [0.25, 0.3) is 5.91 Å². The van der Waals surface area contributed by atoms with Gasteiger partial charge in [0.05, 0.1) is 5.69 Å². The van der Waals surface area contributed by atoms with E-state index in [4.69, 9.17) is 4.52 Å². The monoisotopic (exact) mass is 393 g/mol. The number of amides is 1. The van der Waals surface area contributed by atoms with Crippen LogP contribution < -0.4 is 5.32 Å². The van der Waals surface area contributed by atoms with Gasteiger partial charge in [0.15, 0.2) is 5.13 Å². The number of carbonyl (C=O) groups is 1. The van der Waals surface area contributed by atoms with Crippen LogP contribution in [0.4, 0.5) is 9.52 Å². The lowest BCUT2D eigenvalue weighted by atomic mass is 10.1. The second-order valence-electron chi connectivity index (χ2n) is 6.33. The van der Waals surface area contributed by atoms with E-state index in [9.17, 15) is 9.18 Å². The molecular formula is C21H16FN3O2S. The Morgan fingerprint density at radius 1 is 1.04 bits per heavy atom. The lowest BCUT2D eigenvalue weighted by Crippen LogP contribution is -2.13. The summed E-state index contributed by atoms with van der Waals surface area (Å²) >= 11 is 1.34. The Kier molecular flexibility index (Phi) is 4.75. The molecule has 140 valence electrons. The highest BCUT2D eigenvalue weighted by Crippen LogP contribution is 2.29. The largest absolute Gasteiger partial charge is 0.360 e. The molecule has 1 N–H and O–H groups in total. The Balaban J connectivity index is 1.59. The number of thiazole rings is 1. The maximum atomic E-state index is 13.2. The van der Waals surface area contributed by atoms with E-state index in [2.05, 4.69) is 15.5 Å². The predicted molar refractivity (Wildman–Crippen MR) is 107 cm³/mol. The first-order valence-electron chi connectivity index (χ1n) is 8.57. The molecule has 2 aromatic heterocycles. The van der Waals surface area contributed by atoms with Gasteiger partial charge in [-0.25, -0.2) is 9.37 Å². The Bertz CT molecular complexity index is 1130. The van der Waals surface area contributed by atoms with Gasteiger partial charge in [0.1, 0.15) is 22.8 Å². The van der Waals surface area contributed by atoms with Crippen LogP contribution in [0.15, 0.2) is 58.4 Å². The molecule has 0 bridgehead atoms.